The van der Waals surface area contributed by atoms with E-state index in [0.717, 1.165) is 50.5 Å². The summed E-state index contributed by atoms with van der Waals surface area (Å²) < 4.78 is 1.70. The summed E-state index contributed by atoms with van der Waals surface area (Å²) in [5.41, 5.74) is 1.80. The lowest BCUT2D eigenvalue weighted by molar-refractivity contribution is 0.0746. The van der Waals surface area contributed by atoms with Gasteiger partial charge in [0.05, 0.1) is 16.6 Å². The molecule has 2 fully saturated rings. The Morgan fingerprint density at radius 1 is 0.778 bits per heavy atom. The number of rotatable bonds is 4. The van der Waals surface area contributed by atoms with Gasteiger partial charge in [-0.25, -0.2) is 14.5 Å². The molecule has 0 bridgehead atoms. The Balaban J connectivity index is 1.32. The summed E-state index contributed by atoms with van der Waals surface area (Å²) >= 11 is 0. The van der Waals surface area contributed by atoms with Crippen LogP contribution in [-0.2, 0) is 0 Å². The van der Waals surface area contributed by atoms with E-state index in [1.165, 1.54) is 0 Å². The predicted molar refractivity (Wildman–Crippen MR) is 141 cm³/mol. The Morgan fingerprint density at radius 3 is 2.25 bits per heavy atom. The van der Waals surface area contributed by atoms with Crippen molar-refractivity contribution >= 4 is 28.6 Å². The smallest absolute Gasteiger partial charge is 0.267 e. The van der Waals surface area contributed by atoms with Gasteiger partial charge in [-0.05, 0) is 55.3 Å². The van der Waals surface area contributed by atoms with Gasteiger partial charge in [-0.2, -0.15) is 0 Å². The largest absolute Gasteiger partial charge is 0.353 e. The second kappa shape index (κ2) is 9.45. The van der Waals surface area contributed by atoms with Crippen molar-refractivity contribution in [3.63, 3.8) is 0 Å². The van der Waals surface area contributed by atoms with Crippen molar-refractivity contribution in [2.75, 3.05) is 49.1 Å². The normalized spacial score (nSPS) is 16.1. The van der Waals surface area contributed by atoms with Gasteiger partial charge in [-0.3, -0.25) is 9.59 Å². The van der Waals surface area contributed by atoms with Crippen LogP contribution in [0.4, 0.5) is 11.8 Å². The Hall–Kier alpha value is -4.20. The Labute approximate surface area is 209 Å². The molecule has 1 amide bonds. The third-order valence-corrected chi connectivity index (χ3v) is 7.04. The van der Waals surface area contributed by atoms with Gasteiger partial charge >= 0.3 is 0 Å². The third kappa shape index (κ3) is 4.08. The zero-order valence-corrected chi connectivity index (χ0v) is 20.1. The number of para-hydroxylation sites is 1. The average Bonchev–Trinajstić information content (AvgIpc) is 3.48. The van der Waals surface area contributed by atoms with Crippen LogP contribution in [0.5, 0.6) is 0 Å². The molecule has 8 nitrogen and oxygen atoms in total. The van der Waals surface area contributed by atoms with E-state index >= 15 is 0 Å². The van der Waals surface area contributed by atoms with E-state index in [4.69, 9.17) is 4.98 Å². The number of fused-ring (bicyclic) bond motifs is 1. The molecule has 2 aromatic heterocycles. The van der Waals surface area contributed by atoms with Crippen molar-refractivity contribution < 1.29 is 4.79 Å². The van der Waals surface area contributed by atoms with Crippen LogP contribution >= 0.6 is 0 Å². The molecule has 0 unspecified atom stereocenters. The minimum absolute atomic E-state index is 0.0330. The van der Waals surface area contributed by atoms with Crippen molar-refractivity contribution in [2.45, 2.75) is 12.8 Å². The number of carbonyl (C=O) groups excluding carboxylic acids is 1. The maximum atomic E-state index is 13.6. The molecule has 4 aromatic rings. The summed E-state index contributed by atoms with van der Waals surface area (Å²) in [6, 6.07) is 20.8. The summed E-state index contributed by atoms with van der Waals surface area (Å²) in [7, 11) is 0. The number of amides is 1. The minimum Gasteiger partial charge on any atom is -0.353 e. The number of piperazine rings is 1. The number of hydrogen-bond acceptors (Lipinski definition) is 6. The van der Waals surface area contributed by atoms with Crippen LogP contribution in [0.3, 0.4) is 0 Å². The number of hydrogen-bond donors (Lipinski definition) is 0. The minimum atomic E-state index is -0.115. The second-order valence-corrected chi connectivity index (χ2v) is 9.28. The number of carbonyl (C=O) groups is 1. The fourth-order valence-corrected chi connectivity index (χ4v) is 5.11. The monoisotopic (exact) mass is 480 g/mol. The third-order valence-electron chi connectivity index (χ3n) is 7.04. The van der Waals surface area contributed by atoms with Crippen LogP contribution in [0.1, 0.15) is 23.2 Å². The Kier molecular flexibility index (Phi) is 5.85. The second-order valence-electron chi connectivity index (χ2n) is 9.28. The zero-order valence-electron chi connectivity index (χ0n) is 20.1. The summed E-state index contributed by atoms with van der Waals surface area (Å²) in [5, 5.41) is 0.512. The van der Waals surface area contributed by atoms with Crippen molar-refractivity contribution in [1.82, 2.24) is 19.4 Å². The SMILES string of the molecule is O=C(c1ccc2c(=O)n(-c3ccccc3)c(N3CCCC3)nc2c1)N1CCN(c2ccccn2)CC1. The molecule has 2 aliphatic heterocycles. The molecule has 182 valence electrons. The predicted octanol–water partition coefficient (Wildman–Crippen LogP) is 3.34. The molecule has 2 aliphatic rings. The summed E-state index contributed by atoms with van der Waals surface area (Å²) in [6.07, 6.45) is 3.94. The number of pyridine rings is 1. The fourth-order valence-electron chi connectivity index (χ4n) is 5.11. The van der Waals surface area contributed by atoms with Gasteiger partial charge in [-0.15, -0.1) is 0 Å². The van der Waals surface area contributed by atoms with Crippen molar-refractivity contribution in [2.24, 2.45) is 0 Å². The number of anilines is 2. The van der Waals surface area contributed by atoms with Gasteiger partial charge < -0.3 is 14.7 Å². The first kappa shape index (κ1) is 22.3. The molecular weight excluding hydrogens is 452 g/mol. The van der Waals surface area contributed by atoms with Gasteiger partial charge in [0.1, 0.15) is 5.82 Å². The molecule has 6 rings (SSSR count). The quantitative estimate of drug-likeness (QED) is 0.446. The van der Waals surface area contributed by atoms with Crippen LogP contribution < -0.4 is 15.4 Å². The molecule has 2 saturated heterocycles. The summed E-state index contributed by atoms with van der Waals surface area (Å²) in [5.74, 6) is 1.54. The molecule has 36 heavy (non-hydrogen) atoms. The molecule has 0 atom stereocenters. The average molecular weight is 481 g/mol. The van der Waals surface area contributed by atoms with Gasteiger partial charge in [0.15, 0.2) is 0 Å². The van der Waals surface area contributed by atoms with Crippen LogP contribution in [0.2, 0.25) is 0 Å². The lowest BCUT2D eigenvalue weighted by Crippen LogP contribution is -2.49. The first-order valence-corrected chi connectivity index (χ1v) is 12.5. The van der Waals surface area contributed by atoms with E-state index in [1.54, 1.807) is 29.0 Å². The summed E-state index contributed by atoms with van der Waals surface area (Å²) in [4.78, 5) is 42.6. The zero-order chi connectivity index (χ0) is 24.5. The van der Waals surface area contributed by atoms with E-state index in [9.17, 15) is 9.59 Å². The highest BCUT2D eigenvalue weighted by Gasteiger charge is 2.25. The van der Waals surface area contributed by atoms with Crippen molar-refractivity contribution in [3.8, 4) is 5.69 Å². The van der Waals surface area contributed by atoms with Gasteiger partial charge in [-0.1, -0.05) is 24.3 Å². The highest BCUT2D eigenvalue weighted by molar-refractivity contribution is 5.98. The molecule has 8 heteroatoms. The van der Waals surface area contributed by atoms with E-state index in [1.807, 2.05) is 53.4 Å². The van der Waals surface area contributed by atoms with Gasteiger partial charge in [0, 0.05) is 51.0 Å². The first-order chi connectivity index (χ1) is 17.7. The Morgan fingerprint density at radius 2 is 1.53 bits per heavy atom. The van der Waals surface area contributed by atoms with Crippen molar-refractivity contribution in [3.05, 3.63) is 88.8 Å². The van der Waals surface area contributed by atoms with Crippen LogP contribution in [-0.4, -0.2) is 64.6 Å². The molecule has 0 saturated carbocycles. The lowest BCUT2D eigenvalue weighted by atomic mass is 10.1. The van der Waals surface area contributed by atoms with E-state index < -0.39 is 0 Å². The van der Waals surface area contributed by atoms with E-state index in [0.29, 0.717) is 35.5 Å². The molecule has 0 N–H and O–H groups in total. The maximum absolute atomic E-state index is 13.6. The topological polar surface area (TPSA) is 74.6 Å². The highest BCUT2D eigenvalue weighted by atomic mass is 16.2. The number of aromatic nitrogens is 3. The summed E-state index contributed by atoms with van der Waals surface area (Å²) in [6.45, 7) is 4.43. The number of benzene rings is 2. The molecular formula is C28H28N6O2. The molecule has 4 heterocycles. The molecule has 0 spiro atoms. The maximum Gasteiger partial charge on any atom is 0.267 e. The standard InChI is InChI=1S/C28H28N6O2/c35-26(32-18-16-31(17-19-32)25-10-4-5-13-29-25)21-11-12-23-24(20-21)30-28(33-14-6-7-15-33)34(27(23)36)22-8-2-1-3-9-22/h1-5,8-13,20H,6-7,14-19H2. The lowest BCUT2D eigenvalue weighted by Gasteiger charge is -2.35. The first-order valence-electron chi connectivity index (χ1n) is 12.5. The highest BCUT2D eigenvalue weighted by Crippen LogP contribution is 2.24. The van der Waals surface area contributed by atoms with Gasteiger partial charge in [0.2, 0.25) is 5.95 Å². The van der Waals surface area contributed by atoms with Crippen LogP contribution in [0, 0.1) is 0 Å². The Bertz CT molecular complexity index is 1440. The van der Waals surface area contributed by atoms with Crippen molar-refractivity contribution in [1.29, 1.82) is 0 Å². The van der Waals surface area contributed by atoms with E-state index in [2.05, 4.69) is 14.8 Å². The van der Waals surface area contributed by atoms with E-state index in [-0.39, 0.29) is 11.5 Å². The van der Waals surface area contributed by atoms with Crippen LogP contribution in [0.15, 0.2) is 77.7 Å². The fraction of sp³-hybridized carbons (Fsp3) is 0.286. The number of nitrogens with zero attached hydrogens (tertiary/aromatic N) is 6. The molecule has 0 aliphatic carbocycles. The van der Waals surface area contributed by atoms with Gasteiger partial charge in [0.25, 0.3) is 11.5 Å². The molecule has 2 aromatic carbocycles. The van der Waals surface area contributed by atoms with Crippen LogP contribution in [0.25, 0.3) is 16.6 Å². The molecule has 0 radical (unpaired) electrons.